The number of carbonyl (C=O) groups is 3. The van der Waals surface area contributed by atoms with Gasteiger partial charge in [0.05, 0.1) is 6.42 Å². The molecule has 0 aromatic heterocycles. The Morgan fingerprint density at radius 1 is 0.683 bits per heavy atom. The molecule has 0 amide bonds. The van der Waals surface area contributed by atoms with Crippen LogP contribution in [0, 0.1) is 11.8 Å². The first kappa shape index (κ1) is 34.8. The highest BCUT2D eigenvalue weighted by molar-refractivity contribution is 9.09. The van der Waals surface area contributed by atoms with Gasteiger partial charge in [-0.05, 0) is 92.7 Å². The van der Waals surface area contributed by atoms with E-state index in [2.05, 4.69) is 99.4 Å². The van der Waals surface area contributed by atoms with E-state index < -0.39 is 0 Å². The maximum atomic E-state index is 11.1. The molecule has 2 aliphatic rings. The maximum absolute atomic E-state index is 11.1. The van der Waals surface area contributed by atoms with Gasteiger partial charge in [0.15, 0.2) is 0 Å². The highest BCUT2D eigenvalue weighted by Crippen LogP contribution is 2.28. The predicted molar refractivity (Wildman–Crippen MR) is 177 cm³/mol. The van der Waals surface area contributed by atoms with Crippen molar-refractivity contribution in [1.82, 2.24) is 0 Å². The van der Waals surface area contributed by atoms with Crippen LogP contribution in [-0.2, 0) is 50.7 Å². The fourth-order valence-corrected chi connectivity index (χ4v) is 6.07. The molecule has 0 radical (unpaired) electrons. The minimum Gasteiger partial charge on any atom is -0.328 e. The first-order chi connectivity index (χ1) is 19.5. The molecule has 3 aromatic carbocycles. The third kappa shape index (κ3) is 12.2. The van der Waals surface area contributed by atoms with Gasteiger partial charge in [-0.15, -0.1) is 0 Å². The molecule has 0 aliphatic heterocycles. The second-order valence-corrected chi connectivity index (χ2v) is 12.0. The van der Waals surface area contributed by atoms with E-state index >= 15 is 0 Å². The lowest BCUT2D eigenvalue weighted by Gasteiger charge is -2.12. The van der Waals surface area contributed by atoms with E-state index in [9.17, 15) is 14.4 Å². The van der Waals surface area contributed by atoms with E-state index in [0.717, 1.165) is 23.5 Å². The molecule has 1 unspecified atom stereocenters. The summed E-state index contributed by atoms with van der Waals surface area (Å²) < 4.78 is 0. The van der Waals surface area contributed by atoms with Gasteiger partial charge in [0, 0.05) is 22.6 Å². The number of ketones is 3. The minimum absolute atomic E-state index is 0.0625. The highest BCUT2D eigenvalue weighted by Gasteiger charge is 2.24. The lowest BCUT2D eigenvalue weighted by molar-refractivity contribution is -0.124. The molecule has 5 rings (SSSR count). The van der Waals surface area contributed by atoms with E-state index in [1.165, 1.54) is 60.1 Å². The number of Topliss-reactive ketones (excluding diaryl/α,β-unsaturated/α-hetero) is 3. The van der Waals surface area contributed by atoms with Crippen molar-refractivity contribution < 1.29 is 14.4 Å². The molecule has 220 valence electrons. The molecule has 2 N–H and O–H groups in total. The zero-order valence-electron chi connectivity index (χ0n) is 24.7. The molecular weight excluding hydrogens is 642 g/mol. The molecule has 6 heteroatoms. The van der Waals surface area contributed by atoms with Gasteiger partial charge in [0.1, 0.15) is 17.3 Å². The number of rotatable bonds is 6. The van der Waals surface area contributed by atoms with Crippen LogP contribution in [0.2, 0.25) is 0 Å². The third-order valence-corrected chi connectivity index (χ3v) is 8.56. The molecule has 0 saturated carbocycles. The summed E-state index contributed by atoms with van der Waals surface area (Å²) in [6.45, 7) is 6.61. The highest BCUT2D eigenvalue weighted by atomic mass is 79.9. The number of benzene rings is 3. The Labute approximate surface area is 262 Å². The van der Waals surface area contributed by atoms with Crippen molar-refractivity contribution in [2.24, 2.45) is 17.6 Å². The summed E-state index contributed by atoms with van der Waals surface area (Å²) in [5.74, 6) is 1.12. The average molecular weight is 686 g/mol. The van der Waals surface area contributed by atoms with Crippen molar-refractivity contribution in [1.29, 1.82) is 0 Å². The monoisotopic (exact) mass is 683 g/mol. The van der Waals surface area contributed by atoms with E-state index in [0.29, 0.717) is 17.7 Å². The van der Waals surface area contributed by atoms with E-state index in [1.807, 2.05) is 12.1 Å². The average Bonchev–Trinajstić information content (AvgIpc) is 3.58. The Morgan fingerprint density at radius 2 is 1.02 bits per heavy atom. The van der Waals surface area contributed by atoms with Gasteiger partial charge >= 0.3 is 0 Å². The van der Waals surface area contributed by atoms with Gasteiger partial charge in [-0.2, -0.15) is 0 Å². The summed E-state index contributed by atoms with van der Waals surface area (Å²) in [5, 5.41) is 1.88. The Bertz CT molecular complexity index is 1200. The summed E-state index contributed by atoms with van der Waals surface area (Å²) in [4.78, 5) is 31.2. The van der Waals surface area contributed by atoms with Gasteiger partial charge in [0.2, 0.25) is 0 Å². The van der Waals surface area contributed by atoms with E-state index in [4.69, 9.17) is 5.73 Å². The Balaban J connectivity index is 0.000000195. The first-order valence-corrected chi connectivity index (χ1v) is 16.4. The van der Waals surface area contributed by atoms with Gasteiger partial charge in [-0.25, -0.2) is 0 Å². The maximum Gasteiger partial charge on any atom is 0.137 e. The van der Waals surface area contributed by atoms with Crippen LogP contribution in [0.1, 0.15) is 67.5 Å². The lowest BCUT2D eigenvalue weighted by atomic mass is 9.99. The summed E-state index contributed by atoms with van der Waals surface area (Å²) in [6.07, 6.45) is 4.33. The number of alkyl halides is 2. The molecule has 0 fully saturated rings. The van der Waals surface area contributed by atoms with Crippen molar-refractivity contribution in [2.75, 3.05) is 0 Å². The van der Waals surface area contributed by atoms with Crippen LogP contribution in [0.3, 0.4) is 0 Å². The van der Waals surface area contributed by atoms with Crippen molar-refractivity contribution in [3.8, 4) is 0 Å². The van der Waals surface area contributed by atoms with Crippen LogP contribution in [0.15, 0.2) is 72.8 Å². The van der Waals surface area contributed by atoms with Crippen LogP contribution in [0.4, 0.5) is 0 Å². The Hall–Kier alpha value is -2.41. The van der Waals surface area contributed by atoms with Gasteiger partial charge in [0.25, 0.3) is 0 Å². The van der Waals surface area contributed by atoms with Crippen LogP contribution in [0.25, 0.3) is 0 Å². The molecule has 4 nitrogen and oxygen atoms in total. The molecule has 2 aliphatic carbocycles. The molecule has 3 aromatic rings. The minimum atomic E-state index is -0.0625. The number of fused-ring (bicyclic) bond motifs is 2. The first-order valence-electron chi connectivity index (χ1n) is 14.1. The van der Waals surface area contributed by atoms with E-state index in [-0.39, 0.29) is 23.9 Å². The smallest absolute Gasteiger partial charge is 0.137 e. The van der Waals surface area contributed by atoms with Crippen molar-refractivity contribution in [2.45, 2.75) is 76.5 Å². The molecule has 1 atom stereocenters. The molecule has 0 bridgehead atoms. The summed E-state index contributed by atoms with van der Waals surface area (Å²) in [6, 6.07) is 25.7. The van der Waals surface area contributed by atoms with Crippen LogP contribution in [0.5, 0.6) is 0 Å². The van der Waals surface area contributed by atoms with Gasteiger partial charge in [-0.3, -0.25) is 14.4 Å². The van der Waals surface area contributed by atoms with Crippen LogP contribution < -0.4 is 5.73 Å². The third-order valence-electron chi connectivity index (χ3n) is 7.36. The molecule has 0 spiro atoms. The topological polar surface area (TPSA) is 77.2 Å². The van der Waals surface area contributed by atoms with Gasteiger partial charge < -0.3 is 5.73 Å². The zero-order chi connectivity index (χ0) is 30.4. The molecular formula is C35H43Br2NO3. The molecule has 0 saturated heterocycles. The normalized spacial score (nSPS) is 14.1. The standard InChI is InChI=1S/C11H15N.C11H12O.C8H8Br2.C5H8O2/c2*1-8(12)11-6-9-4-2-3-5-10(9)7-11;9-5-7-3-1-2-4-8(7)6-10;1-4(6)3-5(2)7/h2-5,8,11H,6-7,12H2,1H3;2-5,11H,6-7H2,1H3;1-4H,5-6H2;3H2,1-2H3. The number of hydrogen-bond acceptors (Lipinski definition) is 4. The number of halogens is 2. The zero-order valence-corrected chi connectivity index (χ0v) is 27.8. The van der Waals surface area contributed by atoms with Crippen molar-refractivity contribution in [3.05, 3.63) is 106 Å². The van der Waals surface area contributed by atoms with Crippen LogP contribution in [-0.4, -0.2) is 23.4 Å². The number of carbonyl (C=O) groups excluding carboxylic acids is 3. The Morgan fingerprint density at radius 3 is 1.29 bits per heavy atom. The molecule has 41 heavy (non-hydrogen) atoms. The lowest BCUT2D eigenvalue weighted by Crippen LogP contribution is -2.26. The fourth-order valence-electron chi connectivity index (χ4n) is 4.98. The Kier molecular flexibility index (Phi) is 15.4. The second kappa shape index (κ2) is 18.2. The quantitative estimate of drug-likeness (QED) is 0.213. The van der Waals surface area contributed by atoms with Gasteiger partial charge in [-0.1, -0.05) is 105 Å². The summed E-state index contributed by atoms with van der Waals surface area (Å²) >= 11 is 6.86. The van der Waals surface area contributed by atoms with E-state index in [1.54, 1.807) is 6.92 Å². The second-order valence-electron chi connectivity index (χ2n) is 10.9. The van der Waals surface area contributed by atoms with Crippen LogP contribution >= 0.6 is 31.9 Å². The largest absolute Gasteiger partial charge is 0.328 e. The number of hydrogen-bond donors (Lipinski definition) is 1. The molecule has 0 heterocycles. The SMILES string of the molecule is BrCc1ccccc1CBr.CC(=O)C1Cc2ccccc2C1.CC(=O)CC(C)=O.CC(N)C1Cc2ccccc2C1. The summed E-state index contributed by atoms with van der Waals surface area (Å²) in [5.41, 5.74) is 14.3. The van der Waals surface area contributed by atoms with Crippen molar-refractivity contribution in [3.63, 3.8) is 0 Å². The number of nitrogens with two attached hydrogens (primary N) is 1. The summed E-state index contributed by atoms with van der Waals surface area (Å²) in [7, 11) is 0. The fraction of sp³-hybridized carbons (Fsp3) is 0.400. The predicted octanol–water partition coefficient (Wildman–Crippen LogP) is 7.77. The van der Waals surface area contributed by atoms with Crippen molar-refractivity contribution >= 4 is 49.2 Å².